The first kappa shape index (κ1) is 19.9. The molecule has 7 nitrogen and oxygen atoms in total. The highest BCUT2D eigenvalue weighted by Gasteiger charge is 2.13. The fourth-order valence-electron chi connectivity index (χ4n) is 2.53. The molecule has 2 N–H and O–H groups in total. The fraction of sp³-hybridized carbons (Fsp3) is 0.143. The van der Waals surface area contributed by atoms with E-state index in [-0.39, 0.29) is 18.8 Å². The summed E-state index contributed by atoms with van der Waals surface area (Å²) in [5.41, 5.74) is 1.34. The highest BCUT2D eigenvalue weighted by molar-refractivity contribution is 5.96. The van der Waals surface area contributed by atoms with Crippen LogP contribution in [0.3, 0.4) is 0 Å². The number of hydrogen-bond donors (Lipinski definition) is 2. The number of halogens is 1. The number of esters is 1. The van der Waals surface area contributed by atoms with Crippen molar-refractivity contribution in [2.75, 3.05) is 11.9 Å². The Bertz CT molecular complexity index is 1010. The first-order valence-electron chi connectivity index (χ1n) is 8.95. The van der Waals surface area contributed by atoms with Crippen molar-refractivity contribution < 1.29 is 18.7 Å². The van der Waals surface area contributed by atoms with Gasteiger partial charge in [-0.15, -0.1) is 0 Å². The molecule has 148 valence electrons. The number of aromatic nitrogens is 2. The van der Waals surface area contributed by atoms with Crippen LogP contribution < -0.4 is 10.6 Å². The van der Waals surface area contributed by atoms with Crippen LogP contribution in [0.1, 0.15) is 33.3 Å². The van der Waals surface area contributed by atoms with Crippen molar-refractivity contribution in [1.29, 1.82) is 0 Å². The van der Waals surface area contributed by atoms with Gasteiger partial charge in [-0.3, -0.25) is 4.79 Å². The Morgan fingerprint density at radius 1 is 1.03 bits per heavy atom. The van der Waals surface area contributed by atoms with E-state index in [1.807, 2.05) is 0 Å². The second kappa shape index (κ2) is 9.41. The van der Waals surface area contributed by atoms with Crippen molar-refractivity contribution >= 4 is 23.4 Å². The minimum atomic E-state index is -0.473. The fourth-order valence-corrected chi connectivity index (χ4v) is 2.53. The standard InChI is InChI=1S/C21H19FN4O3/c1-2-29-21(28)15-8-4-6-10-17(15)26-19-13-23-18(12-24-19)20(27)25-11-14-7-3-5-9-16(14)22/h3-10,12-13H,2,11H2,1H3,(H,24,26)(H,25,27). The molecule has 0 saturated heterocycles. The number of hydrogen-bond acceptors (Lipinski definition) is 6. The lowest BCUT2D eigenvalue weighted by Gasteiger charge is -2.11. The molecule has 3 aromatic rings. The third kappa shape index (κ3) is 5.13. The first-order chi connectivity index (χ1) is 14.1. The topological polar surface area (TPSA) is 93.2 Å². The summed E-state index contributed by atoms with van der Waals surface area (Å²) in [5, 5.41) is 5.59. The van der Waals surface area contributed by atoms with Gasteiger partial charge in [0.1, 0.15) is 17.3 Å². The molecule has 0 aliphatic heterocycles. The van der Waals surface area contributed by atoms with Gasteiger partial charge < -0.3 is 15.4 Å². The van der Waals surface area contributed by atoms with Crippen molar-refractivity contribution in [2.45, 2.75) is 13.5 Å². The monoisotopic (exact) mass is 394 g/mol. The van der Waals surface area contributed by atoms with Gasteiger partial charge in [0.15, 0.2) is 0 Å². The Morgan fingerprint density at radius 3 is 2.52 bits per heavy atom. The number of ether oxygens (including phenoxy) is 1. The Labute approximate surface area is 167 Å². The predicted octanol–water partition coefficient (Wildman–Crippen LogP) is 3.47. The summed E-state index contributed by atoms with van der Waals surface area (Å²) in [5.74, 6) is -0.960. The van der Waals surface area contributed by atoms with Crippen LogP contribution in [0.25, 0.3) is 0 Å². The first-order valence-corrected chi connectivity index (χ1v) is 8.95. The zero-order valence-electron chi connectivity index (χ0n) is 15.7. The molecule has 3 rings (SSSR count). The molecule has 8 heteroatoms. The zero-order chi connectivity index (χ0) is 20.6. The number of benzene rings is 2. The largest absolute Gasteiger partial charge is 0.462 e. The molecule has 0 aliphatic rings. The summed E-state index contributed by atoms with van der Waals surface area (Å²) < 4.78 is 18.7. The number of nitrogens with zero attached hydrogens (tertiary/aromatic N) is 2. The van der Waals surface area contributed by atoms with Crippen LogP contribution in [0.5, 0.6) is 0 Å². The number of nitrogens with one attached hydrogen (secondary N) is 2. The maximum absolute atomic E-state index is 13.6. The SMILES string of the molecule is CCOC(=O)c1ccccc1Nc1cnc(C(=O)NCc2ccccc2F)cn1. The summed E-state index contributed by atoms with van der Waals surface area (Å²) in [7, 11) is 0. The lowest BCUT2D eigenvalue weighted by Crippen LogP contribution is -2.24. The number of rotatable bonds is 7. The van der Waals surface area contributed by atoms with Gasteiger partial charge in [-0.1, -0.05) is 30.3 Å². The molecule has 0 spiro atoms. The summed E-state index contributed by atoms with van der Waals surface area (Å²) in [4.78, 5) is 32.5. The number of para-hydroxylation sites is 1. The summed E-state index contributed by atoms with van der Waals surface area (Å²) in [6.07, 6.45) is 2.67. The smallest absolute Gasteiger partial charge is 0.340 e. The molecular formula is C21H19FN4O3. The van der Waals surface area contributed by atoms with E-state index in [4.69, 9.17) is 4.74 Å². The van der Waals surface area contributed by atoms with E-state index in [2.05, 4.69) is 20.6 Å². The average Bonchev–Trinajstić information content (AvgIpc) is 2.74. The predicted molar refractivity (Wildman–Crippen MR) is 105 cm³/mol. The molecule has 0 radical (unpaired) electrons. The van der Waals surface area contributed by atoms with Gasteiger partial charge in [-0.2, -0.15) is 0 Å². The molecule has 29 heavy (non-hydrogen) atoms. The van der Waals surface area contributed by atoms with Gasteiger partial charge in [-0.25, -0.2) is 19.2 Å². The van der Waals surface area contributed by atoms with Gasteiger partial charge in [0.05, 0.1) is 30.3 Å². The van der Waals surface area contributed by atoms with Crippen molar-refractivity contribution in [3.63, 3.8) is 0 Å². The van der Waals surface area contributed by atoms with Crippen LogP contribution in [0.15, 0.2) is 60.9 Å². The van der Waals surface area contributed by atoms with Crippen molar-refractivity contribution in [3.8, 4) is 0 Å². The van der Waals surface area contributed by atoms with E-state index < -0.39 is 17.7 Å². The molecule has 0 saturated carbocycles. The third-order valence-electron chi connectivity index (χ3n) is 3.97. The lowest BCUT2D eigenvalue weighted by molar-refractivity contribution is 0.0527. The van der Waals surface area contributed by atoms with E-state index in [1.165, 1.54) is 18.5 Å². The van der Waals surface area contributed by atoms with Gasteiger partial charge in [0.25, 0.3) is 5.91 Å². The molecule has 0 unspecified atom stereocenters. The van der Waals surface area contributed by atoms with Crippen LogP contribution in [0, 0.1) is 5.82 Å². The highest BCUT2D eigenvalue weighted by atomic mass is 19.1. The Morgan fingerprint density at radius 2 is 1.79 bits per heavy atom. The van der Waals surface area contributed by atoms with E-state index in [0.717, 1.165) is 0 Å². The normalized spacial score (nSPS) is 10.3. The average molecular weight is 394 g/mol. The number of carbonyl (C=O) groups excluding carboxylic acids is 2. The molecule has 0 atom stereocenters. The van der Waals surface area contributed by atoms with Crippen LogP contribution in [-0.4, -0.2) is 28.5 Å². The van der Waals surface area contributed by atoms with Crippen LogP contribution in [-0.2, 0) is 11.3 Å². The molecule has 0 aliphatic carbocycles. The van der Waals surface area contributed by atoms with E-state index >= 15 is 0 Å². The molecule has 2 aromatic carbocycles. The van der Waals surface area contributed by atoms with E-state index in [1.54, 1.807) is 49.4 Å². The number of anilines is 2. The third-order valence-corrected chi connectivity index (χ3v) is 3.97. The van der Waals surface area contributed by atoms with Crippen molar-refractivity contribution in [3.05, 3.63) is 83.6 Å². The second-order valence-electron chi connectivity index (χ2n) is 5.95. The number of amides is 1. The van der Waals surface area contributed by atoms with E-state index in [9.17, 15) is 14.0 Å². The molecule has 1 amide bonds. The molecule has 1 heterocycles. The summed E-state index contributed by atoms with van der Waals surface area (Å²) in [6, 6.07) is 13.0. The summed E-state index contributed by atoms with van der Waals surface area (Å²) >= 11 is 0. The van der Waals surface area contributed by atoms with Crippen LogP contribution in [0.4, 0.5) is 15.9 Å². The molecular weight excluding hydrogens is 375 g/mol. The highest BCUT2D eigenvalue weighted by Crippen LogP contribution is 2.20. The van der Waals surface area contributed by atoms with Gasteiger partial charge >= 0.3 is 5.97 Å². The van der Waals surface area contributed by atoms with Gasteiger partial charge in [-0.05, 0) is 25.1 Å². The Kier molecular flexibility index (Phi) is 6.47. The molecule has 0 fully saturated rings. The maximum atomic E-state index is 13.6. The summed E-state index contributed by atoms with van der Waals surface area (Å²) in [6.45, 7) is 2.04. The van der Waals surface area contributed by atoms with Gasteiger partial charge in [0.2, 0.25) is 0 Å². The minimum absolute atomic E-state index is 0.0418. The Hall–Kier alpha value is -3.81. The number of carbonyl (C=O) groups is 2. The van der Waals surface area contributed by atoms with Crippen LogP contribution in [0.2, 0.25) is 0 Å². The molecule has 1 aromatic heterocycles. The van der Waals surface area contributed by atoms with Crippen molar-refractivity contribution in [2.24, 2.45) is 0 Å². The quantitative estimate of drug-likeness (QED) is 0.596. The van der Waals surface area contributed by atoms with E-state index in [0.29, 0.717) is 22.6 Å². The van der Waals surface area contributed by atoms with Gasteiger partial charge in [0, 0.05) is 12.1 Å². The molecule has 0 bridgehead atoms. The minimum Gasteiger partial charge on any atom is -0.462 e. The zero-order valence-corrected chi connectivity index (χ0v) is 15.7. The Balaban J connectivity index is 1.66. The van der Waals surface area contributed by atoms with Crippen LogP contribution >= 0.6 is 0 Å². The van der Waals surface area contributed by atoms with Crippen molar-refractivity contribution in [1.82, 2.24) is 15.3 Å². The lowest BCUT2D eigenvalue weighted by atomic mass is 10.2. The second-order valence-corrected chi connectivity index (χ2v) is 5.95. The maximum Gasteiger partial charge on any atom is 0.340 e.